The molecule has 3 nitrogen and oxygen atoms in total. The number of aromatic nitrogens is 2. The number of nitrogens with two attached hydrogens (primary N) is 1. The van der Waals surface area contributed by atoms with Crippen LogP contribution in [0.25, 0.3) is 11.0 Å². The highest BCUT2D eigenvalue weighted by Gasteiger charge is 2.06. The molecule has 0 atom stereocenters. The number of para-hydroxylation sites is 1. The summed E-state index contributed by atoms with van der Waals surface area (Å²) in [6.07, 6.45) is 1.78. The third-order valence-electron chi connectivity index (χ3n) is 3.83. The Hall–Kier alpha value is -2.29. The van der Waals surface area contributed by atoms with Gasteiger partial charge >= 0.3 is 0 Å². The van der Waals surface area contributed by atoms with Crippen LogP contribution in [0.5, 0.6) is 0 Å². The Morgan fingerprint density at radius 3 is 2.60 bits per heavy atom. The maximum Gasteiger partial charge on any atom is 0.107 e. The third kappa shape index (κ3) is 2.39. The molecule has 0 aliphatic heterocycles. The highest BCUT2D eigenvalue weighted by molar-refractivity contribution is 5.77. The topological polar surface area (TPSA) is 54.7 Å². The molecule has 3 N–H and O–H groups in total. The number of aromatic amines is 1. The fraction of sp³-hybridized carbons (Fsp3) is 0.235. The predicted octanol–water partition coefficient (Wildman–Crippen LogP) is 3.55. The number of rotatable bonds is 3. The normalized spacial score (nSPS) is 11.1. The molecule has 1 aromatic heterocycles. The average Bonchev–Trinajstić information content (AvgIpc) is 2.80. The molecule has 3 rings (SSSR count). The van der Waals surface area contributed by atoms with E-state index in [2.05, 4.69) is 42.0 Å². The van der Waals surface area contributed by atoms with E-state index in [-0.39, 0.29) is 0 Å². The molecule has 0 aliphatic rings. The first-order valence-electron chi connectivity index (χ1n) is 6.93. The molecule has 3 heteroatoms. The molecule has 0 spiro atoms. The number of anilines is 1. The van der Waals surface area contributed by atoms with Gasteiger partial charge in [0.15, 0.2) is 0 Å². The smallest absolute Gasteiger partial charge is 0.107 e. The molecule has 0 radical (unpaired) electrons. The van der Waals surface area contributed by atoms with Gasteiger partial charge in [0.25, 0.3) is 0 Å². The Kier molecular flexibility index (Phi) is 3.18. The van der Waals surface area contributed by atoms with Gasteiger partial charge in [0.1, 0.15) is 5.82 Å². The summed E-state index contributed by atoms with van der Waals surface area (Å²) in [6, 6.07) is 12.3. The second kappa shape index (κ2) is 5.00. The van der Waals surface area contributed by atoms with Crippen molar-refractivity contribution < 1.29 is 0 Å². The molecule has 0 bridgehead atoms. The zero-order valence-electron chi connectivity index (χ0n) is 11.9. The van der Waals surface area contributed by atoms with Crippen molar-refractivity contribution in [3.8, 4) is 0 Å². The summed E-state index contributed by atoms with van der Waals surface area (Å²) < 4.78 is 0. The Morgan fingerprint density at radius 1 is 1.05 bits per heavy atom. The lowest BCUT2D eigenvalue weighted by molar-refractivity contribution is 0.892. The van der Waals surface area contributed by atoms with E-state index in [0.717, 1.165) is 35.4 Å². The van der Waals surface area contributed by atoms with Crippen LogP contribution in [0, 0.1) is 13.8 Å². The van der Waals surface area contributed by atoms with Crippen molar-refractivity contribution in [2.45, 2.75) is 26.7 Å². The van der Waals surface area contributed by atoms with Crippen LogP contribution in [0.4, 0.5) is 5.69 Å². The van der Waals surface area contributed by atoms with Crippen molar-refractivity contribution in [1.29, 1.82) is 0 Å². The summed E-state index contributed by atoms with van der Waals surface area (Å²) >= 11 is 0. The highest BCUT2D eigenvalue weighted by Crippen LogP contribution is 2.19. The van der Waals surface area contributed by atoms with E-state index in [9.17, 15) is 0 Å². The number of imidazole rings is 1. The highest BCUT2D eigenvalue weighted by atomic mass is 14.9. The van der Waals surface area contributed by atoms with Gasteiger partial charge in [-0.1, -0.05) is 18.2 Å². The van der Waals surface area contributed by atoms with Crippen LogP contribution in [0.2, 0.25) is 0 Å². The minimum Gasteiger partial charge on any atom is -0.399 e. The third-order valence-corrected chi connectivity index (χ3v) is 3.83. The van der Waals surface area contributed by atoms with E-state index in [1.165, 1.54) is 16.7 Å². The number of benzene rings is 2. The van der Waals surface area contributed by atoms with Crippen LogP contribution in [0.15, 0.2) is 36.4 Å². The van der Waals surface area contributed by atoms with Crippen LogP contribution in [-0.2, 0) is 12.8 Å². The van der Waals surface area contributed by atoms with E-state index >= 15 is 0 Å². The average molecular weight is 265 g/mol. The van der Waals surface area contributed by atoms with Crippen molar-refractivity contribution in [1.82, 2.24) is 9.97 Å². The van der Waals surface area contributed by atoms with E-state index in [4.69, 9.17) is 5.73 Å². The first-order chi connectivity index (χ1) is 9.63. The van der Waals surface area contributed by atoms with Gasteiger partial charge in [-0.3, -0.25) is 0 Å². The van der Waals surface area contributed by atoms with Crippen molar-refractivity contribution in [2.24, 2.45) is 0 Å². The number of nitrogens with zero attached hydrogens (tertiary/aromatic N) is 1. The zero-order valence-corrected chi connectivity index (χ0v) is 11.9. The van der Waals surface area contributed by atoms with Crippen LogP contribution < -0.4 is 5.73 Å². The molecule has 102 valence electrons. The fourth-order valence-electron chi connectivity index (χ4n) is 2.46. The minimum atomic E-state index is 0.857. The summed E-state index contributed by atoms with van der Waals surface area (Å²) in [4.78, 5) is 8.06. The van der Waals surface area contributed by atoms with Gasteiger partial charge in [-0.25, -0.2) is 4.98 Å². The second-order valence-corrected chi connectivity index (χ2v) is 5.34. The Labute approximate surface area is 118 Å². The Bertz CT molecular complexity index is 717. The molecule has 0 amide bonds. The van der Waals surface area contributed by atoms with E-state index < -0.39 is 0 Å². The molecule has 0 fully saturated rings. The molecule has 1 heterocycles. The molecule has 0 unspecified atom stereocenters. The van der Waals surface area contributed by atoms with Crippen molar-refractivity contribution in [2.75, 3.05) is 5.73 Å². The first kappa shape index (κ1) is 12.7. The van der Waals surface area contributed by atoms with E-state index in [1.807, 2.05) is 18.2 Å². The largest absolute Gasteiger partial charge is 0.399 e. The number of aryl methyl sites for hydroxylation is 4. The van der Waals surface area contributed by atoms with Crippen molar-refractivity contribution in [3.05, 3.63) is 58.9 Å². The maximum absolute atomic E-state index is 5.97. The molecule has 3 aromatic rings. The SMILES string of the molecule is Cc1cc2nc(CCc3ccccc3N)[nH]c2cc1C. The Morgan fingerprint density at radius 2 is 1.80 bits per heavy atom. The first-order valence-corrected chi connectivity index (χ1v) is 6.93. The number of fused-ring (bicyclic) bond motifs is 1. The second-order valence-electron chi connectivity index (χ2n) is 5.34. The van der Waals surface area contributed by atoms with Gasteiger partial charge in [-0.15, -0.1) is 0 Å². The summed E-state index contributed by atoms with van der Waals surface area (Å²) in [5.74, 6) is 1.02. The lowest BCUT2D eigenvalue weighted by Crippen LogP contribution is -1.97. The summed E-state index contributed by atoms with van der Waals surface area (Å²) in [6.45, 7) is 4.24. The predicted molar refractivity (Wildman–Crippen MR) is 83.8 cm³/mol. The number of hydrogen-bond donors (Lipinski definition) is 2. The van der Waals surface area contributed by atoms with Crippen molar-refractivity contribution >= 4 is 16.7 Å². The minimum absolute atomic E-state index is 0.857. The zero-order chi connectivity index (χ0) is 14.1. The summed E-state index contributed by atoms with van der Waals surface area (Å²) in [5.41, 5.74) is 12.7. The van der Waals surface area contributed by atoms with E-state index in [0.29, 0.717) is 0 Å². The number of nitrogen functional groups attached to an aromatic ring is 1. The van der Waals surface area contributed by atoms with Gasteiger partial charge in [-0.2, -0.15) is 0 Å². The van der Waals surface area contributed by atoms with Crippen molar-refractivity contribution in [3.63, 3.8) is 0 Å². The molecule has 0 saturated heterocycles. The van der Waals surface area contributed by atoms with Gasteiger partial charge in [-0.05, 0) is 55.2 Å². The lowest BCUT2D eigenvalue weighted by atomic mass is 10.1. The lowest BCUT2D eigenvalue weighted by Gasteiger charge is -2.03. The Balaban J connectivity index is 1.83. The quantitative estimate of drug-likeness (QED) is 0.712. The monoisotopic (exact) mass is 265 g/mol. The molecule has 0 aliphatic carbocycles. The van der Waals surface area contributed by atoms with Gasteiger partial charge in [0.05, 0.1) is 11.0 Å². The molecule has 0 saturated carbocycles. The van der Waals surface area contributed by atoms with Crippen LogP contribution in [0.3, 0.4) is 0 Å². The molecule has 20 heavy (non-hydrogen) atoms. The van der Waals surface area contributed by atoms with Crippen LogP contribution >= 0.6 is 0 Å². The van der Waals surface area contributed by atoms with Crippen LogP contribution in [-0.4, -0.2) is 9.97 Å². The summed E-state index contributed by atoms with van der Waals surface area (Å²) in [5, 5.41) is 0. The molecule has 2 aromatic carbocycles. The van der Waals surface area contributed by atoms with Gasteiger partial charge < -0.3 is 10.7 Å². The fourth-order valence-corrected chi connectivity index (χ4v) is 2.46. The molecular weight excluding hydrogens is 246 g/mol. The maximum atomic E-state index is 5.97. The van der Waals surface area contributed by atoms with E-state index in [1.54, 1.807) is 0 Å². The number of H-pyrrole nitrogens is 1. The number of nitrogens with one attached hydrogen (secondary N) is 1. The van der Waals surface area contributed by atoms with Gasteiger partial charge in [0.2, 0.25) is 0 Å². The number of hydrogen-bond acceptors (Lipinski definition) is 2. The van der Waals surface area contributed by atoms with Gasteiger partial charge in [0, 0.05) is 12.1 Å². The standard InChI is InChI=1S/C17H19N3/c1-11-9-15-16(10-12(11)2)20-17(19-15)8-7-13-5-3-4-6-14(13)18/h3-6,9-10H,7-8,18H2,1-2H3,(H,19,20). The van der Waals surface area contributed by atoms with Crippen LogP contribution in [0.1, 0.15) is 22.5 Å². The summed E-state index contributed by atoms with van der Waals surface area (Å²) in [7, 11) is 0. The molecular formula is C17H19N3.